The molecule has 0 saturated heterocycles. The van der Waals surface area contributed by atoms with E-state index in [2.05, 4.69) is 55.4 Å². The fraction of sp³-hybridized carbons (Fsp3) is 0.951. The average Bonchev–Trinajstić information content (AvgIpc) is 0.959. The van der Waals surface area contributed by atoms with Gasteiger partial charge >= 0.3 is 39.5 Å². The molecular weight excluding hydrogens is 1310 g/mol. The number of hydrogen-bond acceptors (Lipinski definition) is 15. The van der Waals surface area contributed by atoms with Gasteiger partial charge in [-0.05, 0) is 49.4 Å². The van der Waals surface area contributed by atoms with Gasteiger partial charge in [0.25, 0.3) is 0 Å². The van der Waals surface area contributed by atoms with Crippen LogP contribution in [0.3, 0.4) is 0 Å². The molecule has 19 heteroatoms. The lowest BCUT2D eigenvalue weighted by Crippen LogP contribution is -2.30. The summed E-state index contributed by atoms with van der Waals surface area (Å²) in [6.45, 7) is 14.2. The molecular formula is C81H158O17P2. The van der Waals surface area contributed by atoms with E-state index in [9.17, 15) is 43.2 Å². The first kappa shape index (κ1) is 98.1. The van der Waals surface area contributed by atoms with E-state index in [1.165, 1.54) is 212 Å². The largest absolute Gasteiger partial charge is 0.472 e. The van der Waals surface area contributed by atoms with E-state index in [4.69, 9.17) is 37.0 Å². The molecule has 17 nitrogen and oxygen atoms in total. The second kappa shape index (κ2) is 70.1. The first-order valence-electron chi connectivity index (χ1n) is 41.7. The number of esters is 4. The summed E-state index contributed by atoms with van der Waals surface area (Å²) in [6, 6.07) is 0. The first-order valence-corrected chi connectivity index (χ1v) is 44.7. The number of carbonyl (C=O) groups is 4. The van der Waals surface area contributed by atoms with E-state index in [0.29, 0.717) is 37.5 Å². The van der Waals surface area contributed by atoms with Crippen molar-refractivity contribution in [2.24, 2.45) is 23.7 Å². The number of phosphoric ester groups is 2. The number of unbranched alkanes of at least 4 members (excludes halogenated alkanes) is 43. The zero-order valence-electron chi connectivity index (χ0n) is 65.8. The number of rotatable bonds is 78. The molecule has 594 valence electrons. The Hall–Kier alpha value is -1.94. The topological polar surface area (TPSA) is 237 Å². The molecule has 0 aromatic rings. The molecule has 0 spiro atoms. The maximum atomic E-state index is 13.1. The minimum atomic E-state index is -4.96. The smallest absolute Gasteiger partial charge is 0.462 e. The number of ether oxygens (including phenoxy) is 4. The Labute approximate surface area is 613 Å². The summed E-state index contributed by atoms with van der Waals surface area (Å²) in [6.07, 6.45) is 57.3. The lowest BCUT2D eigenvalue weighted by atomic mass is 9.99. The van der Waals surface area contributed by atoms with Crippen molar-refractivity contribution in [2.45, 2.75) is 433 Å². The maximum Gasteiger partial charge on any atom is 0.472 e. The van der Waals surface area contributed by atoms with E-state index >= 15 is 0 Å². The van der Waals surface area contributed by atoms with Gasteiger partial charge in [0.2, 0.25) is 0 Å². The van der Waals surface area contributed by atoms with Gasteiger partial charge < -0.3 is 33.8 Å². The van der Waals surface area contributed by atoms with Crippen molar-refractivity contribution in [3.8, 4) is 0 Å². The highest BCUT2D eigenvalue weighted by Gasteiger charge is 2.30. The van der Waals surface area contributed by atoms with Gasteiger partial charge in [-0.15, -0.1) is 0 Å². The van der Waals surface area contributed by atoms with Crippen molar-refractivity contribution in [3.05, 3.63) is 0 Å². The standard InChI is InChI=1S/C81H158O17P2/c1-9-74(8)60-52-44-35-29-25-21-17-12-10-11-13-18-22-26-30-36-45-53-61-78(83)91-67-76(97-80(85)63-55-47-37-31-27-23-19-15-14-16-20-24-28-33-41-49-57-71(2)3)69-95-99(87,88)93-65-75(82)66-94-100(89,90)96-70-77(68-92-79(84)62-54-46-40-39-43-51-59-73(6)7)98-81(86)64-56-48-38-32-34-42-50-58-72(4)5/h71-77,82H,9-70H2,1-8H3,(H,87,88)(H,89,90)/t74?,75-,76-,77-/m1/s1. The van der Waals surface area contributed by atoms with Crippen LogP contribution in [-0.4, -0.2) is 96.7 Å². The Kier molecular flexibility index (Phi) is 68.7. The number of aliphatic hydroxyl groups is 1. The minimum Gasteiger partial charge on any atom is -0.462 e. The molecule has 100 heavy (non-hydrogen) atoms. The lowest BCUT2D eigenvalue weighted by Gasteiger charge is -2.21. The van der Waals surface area contributed by atoms with E-state index in [0.717, 1.165) is 108 Å². The van der Waals surface area contributed by atoms with Crippen LogP contribution in [0, 0.1) is 23.7 Å². The summed E-state index contributed by atoms with van der Waals surface area (Å²) in [5.74, 6) is 0.938. The summed E-state index contributed by atoms with van der Waals surface area (Å²) in [4.78, 5) is 72.9. The summed E-state index contributed by atoms with van der Waals surface area (Å²) in [5.41, 5.74) is 0. The Bertz CT molecular complexity index is 1960. The molecule has 0 bridgehead atoms. The van der Waals surface area contributed by atoms with Gasteiger partial charge in [-0.2, -0.15) is 0 Å². The van der Waals surface area contributed by atoms with Crippen molar-refractivity contribution < 1.29 is 80.2 Å². The summed E-state index contributed by atoms with van der Waals surface area (Å²) in [5, 5.41) is 10.6. The SMILES string of the molecule is CCC(C)CCCCCCCCCCCCCCCCCCCCC(=O)OC[C@H](COP(=O)(O)OC[C@@H](O)COP(=O)(O)OC[C@@H](COC(=O)CCCCCCCCC(C)C)OC(=O)CCCCCCCCCC(C)C)OC(=O)CCCCCCCCCCCCCCCCCCC(C)C. The zero-order chi connectivity index (χ0) is 73.8. The lowest BCUT2D eigenvalue weighted by molar-refractivity contribution is -0.161. The predicted octanol–water partition coefficient (Wildman–Crippen LogP) is 24.0. The first-order chi connectivity index (χ1) is 48.1. The Morgan fingerprint density at radius 3 is 0.710 bits per heavy atom. The molecule has 3 N–H and O–H groups in total. The fourth-order valence-corrected chi connectivity index (χ4v) is 14.0. The highest BCUT2D eigenvalue weighted by atomic mass is 31.2. The van der Waals surface area contributed by atoms with Crippen LogP contribution in [0.4, 0.5) is 0 Å². The molecule has 0 rings (SSSR count). The van der Waals surface area contributed by atoms with Crippen molar-refractivity contribution in [1.82, 2.24) is 0 Å². The van der Waals surface area contributed by atoms with Gasteiger partial charge in [0.05, 0.1) is 26.4 Å². The van der Waals surface area contributed by atoms with Crippen LogP contribution in [0.15, 0.2) is 0 Å². The summed E-state index contributed by atoms with van der Waals surface area (Å²) in [7, 11) is -9.92. The van der Waals surface area contributed by atoms with E-state index in [-0.39, 0.29) is 25.7 Å². The fourth-order valence-electron chi connectivity index (χ4n) is 12.4. The Balaban J connectivity index is 5.17. The second-order valence-corrected chi connectivity index (χ2v) is 33.7. The summed E-state index contributed by atoms with van der Waals surface area (Å²) >= 11 is 0. The monoisotopic (exact) mass is 1470 g/mol. The quantitative estimate of drug-likeness (QED) is 0.0222. The number of hydrogen-bond donors (Lipinski definition) is 3. The van der Waals surface area contributed by atoms with E-state index < -0.39 is 97.5 Å². The highest BCUT2D eigenvalue weighted by Crippen LogP contribution is 2.45. The van der Waals surface area contributed by atoms with Gasteiger partial charge in [0, 0.05) is 25.7 Å². The van der Waals surface area contributed by atoms with Crippen LogP contribution in [0.1, 0.15) is 415 Å². The van der Waals surface area contributed by atoms with Gasteiger partial charge in [-0.25, -0.2) is 9.13 Å². The molecule has 0 aliphatic heterocycles. The van der Waals surface area contributed by atoms with Gasteiger partial charge in [-0.1, -0.05) is 364 Å². The molecule has 0 aliphatic carbocycles. The molecule has 0 aliphatic rings. The zero-order valence-corrected chi connectivity index (χ0v) is 67.6. The predicted molar refractivity (Wildman–Crippen MR) is 409 cm³/mol. The Morgan fingerprint density at radius 2 is 0.480 bits per heavy atom. The number of carbonyl (C=O) groups excluding carboxylic acids is 4. The number of aliphatic hydroxyl groups excluding tert-OH is 1. The normalized spacial score (nSPS) is 14.3. The molecule has 0 aromatic carbocycles. The van der Waals surface area contributed by atoms with Crippen LogP contribution in [-0.2, 0) is 65.4 Å². The van der Waals surface area contributed by atoms with Crippen molar-refractivity contribution in [2.75, 3.05) is 39.6 Å². The molecule has 6 atom stereocenters. The molecule has 0 aromatic heterocycles. The maximum absolute atomic E-state index is 13.1. The third-order valence-electron chi connectivity index (χ3n) is 19.2. The van der Waals surface area contributed by atoms with E-state index in [1.807, 2.05) is 0 Å². The minimum absolute atomic E-state index is 0.102. The molecule has 0 heterocycles. The highest BCUT2D eigenvalue weighted by molar-refractivity contribution is 7.47. The molecule has 0 radical (unpaired) electrons. The van der Waals surface area contributed by atoms with Crippen molar-refractivity contribution in [3.63, 3.8) is 0 Å². The van der Waals surface area contributed by atoms with Crippen LogP contribution in [0.25, 0.3) is 0 Å². The molecule has 3 unspecified atom stereocenters. The van der Waals surface area contributed by atoms with Crippen molar-refractivity contribution >= 4 is 39.5 Å². The van der Waals surface area contributed by atoms with Gasteiger partial charge in [0.1, 0.15) is 19.3 Å². The molecule has 0 amide bonds. The van der Waals surface area contributed by atoms with Crippen molar-refractivity contribution in [1.29, 1.82) is 0 Å². The second-order valence-electron chi connectivity index (χ2n) is 30.8. The average molecular weight is 1470 g/mol. The van der Waals surface area contributed by atoms with Gasteiger partial charge in [0.15, 0.2) is 12.2 Å². The van der Waals surface area contributed by atoms with Gasteiger partial charge in [-0.3, -0.25) is 37.3 Å². The van der Waals surface area contributed by atoms with Crippen LogP contribution in [0.5, 0.6) is 0 Å². The third-order valence-corrected chi connectivity index (χ3v) is 21.1. The third kappa shape index (κ3) is 73.0. The van der Waals surface area contributed by atoms with Crippen LogP contribution in [0.2, 0.25) is 0 Å². The molecule has 0 fully saturated rings. The van der Waals surface area contributed by atoms with Crippen LogP contribution < -0.4 is 0 Å². The van der Waals surface area contributed by atoms with Crippen LogP contribution >= 0.6 is 15.6 Å². The number of phosphoric acid groups is 2. The Morgan fingerprint density at radius 1 is 0.280 bits per heavy atom. The molecule has 0 saturated carbocycles. The van der Waals surface area contributed by atoms with E-state index in [1.54, 1.807) is 0 Å². The summed E-state index contributed by atoms with van der Waals surface area (Å²) < 4.78 is 68.6.